The summed E-state index contributed by atoms with van der Waals surface area (Å²) in [5.41, 5.74) is 2.06. The van der Waals surface area contributed by atoms with Gasteiger partial charge in [-0.2, -0.15) is 0 Å². The first-order valence-electron chi connectivity index (χ1n) is 7.46. The van der Waals surface area contributed by atoms with E-state index in [9.17, 15) is 9.90 Å². The molecule has 6 nitrogen and oxygen atoms in total. The molecule has 2 heterocycles. The molecule has 0 radical (unpaired) electrons. The maximum Gasteiger partial charge on any atom is 0.306 e. The number of hydrogen-bond acceptors (Lipinski definition) is 4. The lowest BCUT2D eigenvalue weighted by Crippen LogP contribution is -2.30. The number of hydrogen-bond donors (Lipinski definition) is 1. The lowest BCUT2D eigenvalue weighted by molar-refractivity contribution is -0.142. The van der Waals surface area contributed by atoms with Crippen molar-refractivity contribution < 1.29 is 9.90 Å². The van der Waals surface area contributed by atoms with Crippen molar-refractivity contribution in [2.45, 2.75) is 51.6 Å². The molecule has 0 amide bonds. The van der Waals surface area contributed by atoms with E-state index in [1.807, 2.05) is 4.68 Å². The summed E-state index contributed by atoms with van der Waals surface area (Å²) in [4.78, 5) is 13.6. The van der Waals surface area contributed by atoms with Crippen LogP contribution in [-0.4, -0.2) is 50.1 Å². The topological polar surface area (TPSA) is 71.2 Å². The van der Waals surface area contributed by atoms with Crippen molar-refractivity contribution >= 4 is 5.97 Å². The highest BCUT2D eigenvalue weighted by atomic mass is 16.4. The average Bonchev–Trinajstić information content (AvgIpc) is 3.03. The molecule has 6 heteroatoms. The molecule has 2 aliphatic rings. The van der Waals surface area contributed by atoms with Crippen LogP contribution in [0.25, 0.3) is 0 Å². The van der Waals surface area contributed by atoms with Gasteiger partial charge in [0.2, 0.25) is 0 Å². The van der Waals surface area contributed by atoms with E-state index in [0.717, 1.165) is 37.3 Å². The first-order chi connectivity index (χ1) is 9.56. The van der Waals surface area contributed by atoms with Gasteiger partial charge in [-0.3, -0.25) is 9.69 Å². The van der Waals surface area contributed by atoms with Gasteiger partial charge in [0, 0.05) is 25.6 Å². The van der Waals surface area contributed by atoms with Crippen LogP contribution >= 0.6 is 0 Å². The van der Waals surface area contributed by atoms with E-state index in [0.29, 0.717) is 24.9 Å². The van der Waals surface area contributed by atoms with Crippen molar-refractivity contribution in [2.75, 3.05) is 13.1 Å². The summed E-state index contributed by atoms with van der Waals surface area (Å²) in [6, 6.07) is 0.896. The zero-order valence-electron chi connectivity index (χ0n) is 12.1. The Balaban J connectivity index is 1.79. The monoisotopic (exact) mass is 278 g/mol. The van der Waals surface area contributed by atoms with Crippen LogP contribution < -0.4 is 0 Å². The summed E-state index contributed by atoms with van der Waals surface area (Å²) < 4.78 is 2.01. The maximum absolute atomic E-state index is 11.2. The molecule has 1 aromatic heterocycles. The molecule has 1 aliphatic carbocycles. The predicted molar refractivity (Wildman–Crippen MR) is 73.5 cm³/mol. The van der Waals surface area contributed by atoms with Crippen LogP contribution in [0.3, 0.4) is 0 Å². The van der Waals surface area contributed by atoms with Crippen molar-refractivity contribution in [2.24, 2.45) is 5.92 Å². The van der Waals surface area contributed by atoms with Gasteiger partial charge >= 0.3 is 5.97 Å². The van der Waals surface area contributed by atoms with Crippen LogP contribution in [0, 0.1) is 5.92 Å². The minimum atomic E-state index is -0.696. The molecule has 1 aliphatic heterocycles. The molecule has 20 heavy (non-hydrogen) atoms. The third kappa shape index (κ3) is 2.32. The highest BCUT2D eigenvalue weighted by Crippen LogP contribution is 2.29. The van der Waals surface area contributed by atoms with Gasteiger partial charge in [0.25, 0.3) is 0 Å². The van der Waals surface area contributed by atoms with Gasteiger partial charge in [-0.25, -0.2) is 4.68 Å². The molecular formula is C14H22N4O2. The molecule has 0 aromatic carbocycles. The van der Waals surface area contributed by atoms with Crippen molar-refractivity contribution in [1.82, 2.24) is 19.9 Å². The van der Waals surface area contributed by atoms with Gasteiger partial charge in [-0.15, -0.1) is 5.10 Å². The Morgan fingerprint density at radius 2 is 2.20 bits per heavy atom. The number of aromatic nitrogens is 3. The van der Waals surface area contributed by atoms with E-state index in [4.69, 9.17) is 0 Å². The van der Waals surface area contributed by atoms with Gasteiger partial charge in [0.1, 0.15) is 0 Å². The first-order valence-corrected chi connectivity index (χ1v) is 7.46. The first kappa shape index (κ1) is 13.5. The molecule has 0 unspecified atom stereocenters. The van der Waals surface area contributed by atoms with Crippen LogP contribution in [-0.2, 0) is 17.6 Å². The zero-order valence-corrected chi connectivity index (χ0v) is 12.1. The van der Waals surface area contributed by atoms with Crippen LogP contribution in [0.1, 0.15) is 44.1 Å². The summed E-state index contributed by atoms with van der Waals surface area (Å²) in [5.74, 6) is -0.971. The SMILES string of the molecule is CC(C)N1CC[C@@H](n2nnc3c2C[C@@H](C(=O)O)CC3)C1. The second kappa shape index (κ2) is 5.16. The molecule has 0 bridgehead atoms. The smallest absolute Gasteiger partial charge is 0.306 e. The molecule has 110 valence electrons. The number of carboxylic acid groups (broad SMARTS) is 1. The number of aryl methyl sites for hydroxylation is 1. The fourth-order valence-electron chi connectivity index (χ4n) is 3.34. The van der Waals surface area contributed by atoms with Crippen molar-refractivity contribution in [3.05, 3.63) is 11.4 Å². The second-order valence-corrected chi connectivity index (χ2v) is 6.24. The predicted octanol–water partition coefficient (Wildman–Crippen LogP) is 1.12. The Labute approximate surface area is 118 Å². The standard InChI is InChI=1S/C14H22N4O2/c1-9(2)17-6-5-11(8-17)18-13-7-10(14(19)20)3-4-12(13)15-16-18/h9-11H,3-8H2,1-2H3,(H,19,20)/t10-,11+/m0/s1. The number of aliphatic carboxylic acids is 1. The van der Waals surface area contributed by atoms with E-state index >= 15 is 0 Å². The van der Waals surface area contributed by atoms with Crippen LogP contribution in [0.5, 0.6) is 0 Å². The minimum absolute atomic E-state index is 0.276. The molecule has 3 rings (SSSR count). The molecule has 0 saturated carbocycles. The average molecular weight is 278 g/mol. The van der Waals surface area contributed by atoms with E-state index in [1.165, 1.54) is 0 Å². The molecule has 1 saturated heterocycles. The van der Waals surface area contributed by atoms with Gasteiger partial charge < -0.3 is 5.11 Å². The third-order valence-electron chi connectivity index (χ3n) is 4.66. The summed E-state index contributed by atoms with van der Waals surface area (Å²) in [7, 11) is 0. The highest BCUT2D eigenvalue weighted by molar-refractivity contribution is 5.70. The Morgan fingerprint density at radius 3 is 2.85 bits per heavy atom. The number of rotatable bonds is 3. The molecule has 1 aromatic rings. The summed E-state index contributed by atoms with van der Waals surface area (Å²) >= 11 is 0. The number of nitrogens with zero attached hydrogens (tertiary/aromatic N) is 4. The number of carboxylic acids is 1. The molecular weight excluding hydrogens is 256 g/mol. The summed E-state index contributed by atoms with van der Waals surface area (Å²) in [5, 5.41) is 17.8. The van der Waals surface area contributed by atoms with Crippen molar-refractivity contribution in [1.29, 1.82) is 0 Å². The van der Waals surface area contributed by atoms with E-state index in [-0.39, 0.29) is 5.92 Å². The molecule has 1 N–H and O–H groups in total. The van der Waals surface area contributed by atoms with Gasteiger partial charge in [0.05, 0.1) is 23.3 Å². The number of likely N-dealkylation sites (tertiary alicyclic amines) is 1. The Morgan fingerprint density at radius 1 is 1.40 bits per heavy atom. The minimum Gasteiger partial charge on any atom is -0.481 e. The normalized spacial score (nSPS) is 26.9. The molecule has 2 atom stereocenters. The zero-order chi connectivity index (χ0) is 14.3. The lowest BCUT2D eigenvalue weighted by Gasteiger charge is -2.22. The van der Waals surface area contributed by atoms with E-state index < -0.39 is 5.97 Å². The fraction of sp³-hybridized carbons (Fsp3) is 0.786. The molecule has 1 fully saturated rings. The molecule has 0 spiro atoms. The van der Waals surface area contributed by atoms with E-state index in [1.54, 1.807) is 0 Å². The van der Waals surface area contributed by atoms with Crippen molar-refractivity contribution in [3.8, 4) is 0 Å². The van der Waals surface area contributed by atoms with Crippen LogP contribution in [0.2, 0.25) is 0 Å². The van der Waals surface area contributed by atoms with Crippen LogP contribution in [0.4, 0.5) is 0 Å². The Hall–Kier alpha value is -1.43. The second-order valence-electron chi connectivity index (χ2n) is 6.24. The highest BCUT2D eigenvalue weighted by Gasteiger charge is 2.33. The summed E-state index contributed by atoms with van der Waals surface area (Å²) in [6.07, 6.45) is 3.08. The van der Waals surface area contributed by atoms with Gasteiger partial charge in [-0.05, 0) is 33.1 Å². The summed E-state index contributed by atoms with van der Waals surface area (Å²) in [6.45, 7) is 6.49. The number of fused-ring (bicyclic) bond motifs is 1. The van der Waals surface area contributed by atoms with E-state index in [2.05, 4.69) is 29.1 Å². The van der Waals surface area contributed by atoms with Gasteiger partial charge in [0.15, 0.2) is 0 Å². The largest absolute Gasteiger partial charge is 0.481 e. The number of carbonyl (C=O) groups is 1. The van der Waals surface area contributed by atoms with Crippen LogP contribution in [0.15, 0.2) is 0 Å². The van der Waals surface area contributed by atoms with Crippen molar-refractivity contribution in [3.63, 3.8) is 0 Å². The fourth-order valence-corrected chi connectivity index (χ4v) is 3.34. The lowest BCUT2D eigenvalue weighted by atomic mass is 9.89. The van der Waals surface area contributed by atoms with Gasteiger partial charge in [-0.1, -0.05) is 5.21 Å². The Kier molecular flexibility index (Phi) is 3.50. The Bertz CT molecular complexity index is 511. The quantitative estimate of drug-likeness (QED) is 0.897. The maximum atomic E-state index is 11.2. The third-order valence-corrected chi connectivity index (χ3v) is 4.66.